The molecule has 0 unspecified atom stereocenters. The van der Waals surface area contributed by atoms with Crippen molar-refractivity contribution in [2.45, 2.75) is 13.5 Å². The van der Waals surface area contributed by atoms with E-state index >= 15 is 0 Å². The maximum absolute atomic E-state index is 11.1. The largest absolute Gasteiger partial charge is 0.481 e. The van der Waals surface area contributed by atoms with E-state index in [1.165, 1.54) is 0 Å². The van der Waals surface area contributed by atoms with E-state index in [9.17, 15) is 4.79 Å². The van der Waals surface area contributed by atoms with Crippen molar-refractivity contribution < 1.29 is 14.6 Å². The number of ether oxygens (including phenoxy) is 1. The first-order valence-corrected chi connectivity index (χ1v) is 10.7. The summed E-state index contributed by atoms with van der Waals surface area (Å²) in [5, 5.41) is 15.1. The van der Waals surface area contributed by atoms with Crippen LogP contribution in [0.5, 0.6) is 5.75 Å². The average Bonchev–Trinajstić information content (AvgIpc) is 3.19. The van der Waals surface area contributed by atoms with E-state index in [0.717, 1.165) is 22.4 Å². The van der Waals surface area contributed by atoms with Crippen LogP contribution in [0, 0.1) is 6.92 Å². The monoisotopic (exact) mass is 466 g/mol. The molecule has 0 atom stereocenters. The Bertz CT molecular complexity index is 1250. The second kappa shape index (κ2) is 9.47. The minimum atomic E-state index is -1.06. The molecule has 4 aromatic rings. The zero-order chi connectivity index (χ0) is 22.7. The number of carboxylic acid groups (broad SMARTS) is 1. The van der Waals surface area contributed by atoms with Gasteiger partial charge in [0.15, 0.2) is 6.61 Å². The molecule has 1 N–H and O–H groups in total. The lowest BCUT2D eigenvalue weighted by Crippen LogP contribution is -2.10. The molecule has 0 saturated heterocycles. The summed E-state index contributed by atoms with van der Waals surface area (Å²) in [5.41, 5.74) is 4.99. The molecule has 0 spiro atoms. The summed E-state index contributed by atoms with van der Waals surface area (Å²) in [6, 6.07) is 23.0. The molecule has 1 heterocycles. The molecule has 5 nitrogen and oxygen atoms in total. The third-order valence-corrected chi connectivity index (χ3v) is 5.64. The Morgan fingerprint density at radius 2 is 1.75 bits per heavy atom. The fraction of sp³-hybridized carbons (Fsp3) is 0.120. The molecule has 3 aromatic carbocycles. The highest BCUT2D eigenvalue weighted by Crippen LogP contribution is 2.36. The lowest BCUT2D eigenvalue weighted by atomic mass is 10.1. The first kappa shape index (κ1) is 21.9. The van der Waals surface area contributed by atoms with Crippen molar-refractivity contribution in [3.63, 3.8) is 0 Å². The Balaban J connectivity index is 1.83. The molecule has 0 fully saturated rings. The summed E-state index contributed by atoms with van der Waals surface area (Å²) in [5.74, 6) is -0.638. The van der Waals surface area contributed by atoms with Gasteiger partial charge in [0.1, 0.15) is 5.75 Å². The summed E-state index contributed by atoms with van der Waals surface area (Å²) in [6.07, 6.45) is 0. The number of aryl methyl sites for hydroxylation is 1. The van der Waals surface area contributed by atoms with E-state index in [4.69, 9.17) is 38.1 Å². The number of carbonyl (C=O) groups is 1. The van der Waals surface area contributed by atoms with Crippen LogP contribution >= 0.6 is 23.2 Å². The third-order valence-electron chi connectivity index (χ3n) is 4.98. The van der Waals surface area contributed by atoms with E-state index in [1.54, 1.807) is 12.1 Å². The Hall–Kier alpha value is -3.28. The summed E-state index contributed by atoms with van der Waals surface area (Å²) >= 11 is 12.5. The number of aliphatic carboxylic acids is 1. The van der Waals surface area contributed by atoms with Gasteiger partial charge in [-0.15, -0.1) is 0 Å². The molecule has 162 valence electrons. The smallest absolute Gasteiger partial charge is 0.341 e. The Kier molecular flexibility index (Phi) is 6.49. The molecule has 0 aliphatic heterocycles. The van der Waals surface area contributed by atoms with Crippen LogP contribution in [0.1, 0.15) is 11.1 Å². The molecule has 0 radical (unpaired) electrons. The first-order valence-electron chi connectivity index (χ1n) is 9.93. The minimum absolute atomic E-state index is 0.418. The van der Waals surface area contributed by atoms with Crippen LogP contribution in [0.15, 0.2) is 72.8 Å². The van der Waals surface area contributed by atoms with E-state index in [1.807, 2.05) is 72.3 Å². The van der Waals surface area contributed by atoms with Gasteiger partial charge < -0.3 is 9.84 Å². The second-order valence-corrected chi connectivity index (χ2v) is 8.19. The van der Waals surface area contributed by atoms with Crippen LogP contribution in [0.3, 0.4) is 0 Å². The predicted octanol–water partition coefficient (Wildman–Crippen LogP) is 6.34. The Morgan fingerprint density at radius 3 is 2.44 bits per heavy atom. The van der Waals surface area contributed by atoms with Gasteiger partial charge in [-0.1, -0.05) is 65.7 Å². The number of benzene rings is 3. The fourth-order valence-electron chi connectivity index (χ4n) is 3.39. The van der Waals surface area contributed by atoms with Crippen molar-refractivity contribution in [3.05, 3.63) is 94.0 Å². The molecule has 7 heteroatoms. The van der Waals surface area contributed by atoms with Gasteiger partial charge in [-0.3, -0.25) is 4.68 Å². The van der Waals surface area contributed by atoms with Crippen molar-refractivity contribution in [2.75, 3.05) is 6.61 Å². The van der Waals surface area contributed by atoms with Gasteiger partial charge in [-0.05, 0) is 53.9 Å². The number of halogens is 2. The number of nitrogens with zero attached hydrogens (tertiary/aromatic N) is 2. The molecule has 0 aliphatic carbocycles. The van der Waals surface area contributed by atoms with Gasteiger partial charge in [0.2, 0.25) is 0 Å². The SMILES string of the molecule is Cc1cc(OCC(=O)O)c(-c2cc(-c3ccc(Cl)cc3)n(Cc3ccccc3)n2)cc1Cl. The van der Waals surface area contributed by atoms with Crippen molar-refractivity contribution in [3.8, 4) is 28.3 Å². The van der Waals surface area contributed by atoms with Gasteiger partial charge in [0, 0.05) is 15.6 Å². The van der Waals surface area contributed by atoms with E-state index in [2.05, 4.69) is 0 Å². The summed E-state index contributed by atoms with van der Waals surface area (Å²) < 4.78 is 7.46. The Morgan fingerprint density at radius 1 is 1.03 bits per heavy atom. The molecule has 4 rings (SSSR count). The summed E-state index contributed by atoms with van der Waals surface area (Å²) in [4.78, 5) is 11.1. The lowest BCUT2D eigenvalue weighted by molar-refractivity contribution is -0.139. The van der Waals surface area contributed by atoms with Crippen LogP contribution < -0.4 is 4.74 Å². The van der Waals surface area contributed by atoms with E-state index in [0.29, 0.717) is 33.6 Å². The standard InChI is InChI=1S/C25H20Cl2N2O3/c1-16-11-24(32-15-25(30)31)20(12-21(16)27)22-13-23(18-7-9-19(26)10-8-18)29(28-22)14-17-5-3-2-4-6-17/h2-13H,14-15H2,1H3,(H,30,31). The molecular weight excluding hydrogens is 447 g/mol. The Labute approximate surface area is 195 Å². The van der Waals surface area contributed by atoms with Gasteiger partial charge in [0.05, 0.1) is 17.9 Å². The minimum Gasteiger partial charge on any atom is -0.481 e. The molecule has 0 bridgehead atoms. The van der Waals surface area contributed by atoms with Crippen LogP contribution in [0.25, 0.3) is 22.5 Å². The van der Waals surface area contributed by atoms with Crippen LogP contribution in [-0.4, -0.2) is 27.5 Å². The highest BCUT2D eigenvalue weighted by atomic mass is 35.5. The van der Waals surface area contributed by atoms with Crippen LogP contribution in [0.4, 0.5) is 0 Å². The number of rotatable bonds is 7. The molecule has 0 amide bonds. The number of hydrogen-bond acceptors (Lipinski definition) is 3. The normalized spacial score (nSPS) is 10.8. The van der Waals surface area contributed by atoms with Gasteiger partial charge in [-0.25, -0.2) is 4.79 Å². The van der Waals surface area contributed by atoms with E-state index < -0.39 is 12.6 Å². The molecule has 0 aliphatic rings. The lowest BCUT2D eigenvalue weighted by Gasteiger charge is -2.11. The maximum Gasteiger partial charge on any atom is 0.341 e. The number of aromatic nitrogens is 2. The van der Waals surface area contributed by atoms with Crippen molar-refractivity contribution in [1.29, 1.82) is 0 Å². The fourth-order valence-corrected chi connectivity index (χ4v) is 3.68. The second-order valence-electron chi connectivity index (χ2n) is 7.34. The highest BCUT2D eigenvalue weighted by Gasteiger charge is 2.18. The predicted molar refractivity (Wildman–Crippen MR) is 127 cm³/mol. The van der Waals surface area contributed by atoms with E-state index in [-0.39, 0.29) is 0 Å². The van der Waals surface area contributed by atoms with Crippen molar-refractivity contribution in [2.24, 2.45) is 0 Å². The highest BCUT2D eigenvalue weighted by molar-refractivity contribution is 6.31. The molecular formula is C25H20Cl2N2O3. The third kappa shape index (κ3) is 4.96. The first-order chi connectivity index (χ1) is 15.4. The zero-order valence-electron chi connectivity index (χ0n) is 17.3. The van der Waals surface area contributed by atoms with Gasteiger partial charge >= 0.3 is 5.97 Å². The molecule has 0 saturated carbocycles. The van der Waals surface area contributed by atoms with Crippen LogP contribution in [-0.2, 0) is 11.3 Å². The molecule has 32 heavy (non-hydrogen) atoms. The maximum atomic E-state index is 11.1. The van der Waals surface area contributed by atoms with Gasteiger partial charge in [-0.2, -0.15) is 5.10 Å². The average molecular weight is 467 g/mol. The van der Waals surface area contributed by atoms with Crippen LogP contribution in [0.2, 0.25) is 10.0 Å². The topological polar surface area (TPSA) is 64.3 Å². The number of carboxylic acids is 1. The molecule has 1 aromatic heterocycles. The summed E-state index contributed by atoms with van der Waals surface area (Å²) in [7, 11) is 0. The summed E-state index contributed by atoms with van der Waals surface area (Å²) in [6.45, 7) is 1.94. The van der Waals surface area contributed by atoms with Gasteiger partial charge in [0.25, 0.3) is 0 Å². The quantitative estimate of drug-likeness (QED) is 0.344. The zero-order valence-corrected chi connectivity index (χ0v) is 18.8. The van der Waals surface area contributed by atoms with Crippen molar-refractivity contribution in [1.82, 2.24) is 9.78 Å². The van der Waals surface area contributed by atoms with Crippen molar-refractivity contribution >= 4 is 29.2 Å². The number of hydrogen-bond donors (Lipinski definition) is 1.